The minimum Gasteiger partial charge on any atom is -0.510 e. The van der Waals surface area contributed by atoms with Crippen molar-refractivity contribution in [3.63, 3.8) is 0 Å². The summed E-state index contributed by atoms with van der Waals surface area (Å²) in [5, 5.41) is 14.6. The monoisotopic (exact) mass is 237 g/mol. The van der Waals surface area contributed by atoms with Gasteiger partial charge in [0.2, 0.25) is 0 Å². The highest BCUT2D eigenvalue weighted by Gasteiger charge is 2.08. The number of allylic oxidation sites excluding steroid dienone is 1. The molecule has 0 aromatic carbocycles. The standard InChI is InChI=1S/C11H15N3OS/c1-7-11(16-8(2)13-7)4-3-9-5-10(15)6-12-14-9/h5,12,15H,3-4,6H2,1-2H3. The normalized spacial score (nSPS) is 15.4. The third-order valence-corrected chi connectivity index (χ3v) is 3.56. The fourth-order valence-corrected chi connectivity index (χ4v) is 2.61. The van der Waals surface area contributed by atoms with E-state index in [1.807, 2.05) is 13.8 Å². The van der Waals surface area contributed by atoms with Crippen LogP contribution in [0.2, 0.25) is 0 Å². The van der Waals surface area contributed by atoms with Crippen LogP contribution in [0.3, 0.4) is 0 Å². The highest BCUT2D eigenvalue weighted by Crippen LogP contribution is 2.19. The Morgan fingerprint density at radius 1 is 1.44 bits per heavy atom. The van der Waals surface area contributed by atoms with E-state index in [2.05, 4.69) is 15.5 Å². The van der Waals surface area contributed by atoms with Crippen molar-refractivity contribution >= 4 is 17.0 Å². The van der Waals surface area contributed by atoms with Gasteiger partial charge in [0.15, 0.2) is 0 Å². The van der Waals surface area contributed by atoms with Gasteiger partial charge in [0, 0.05) is 11.0 Å². The number of aliphatic hydroxyl groups excluding tert-OH is 1. The molecule has 16 heavy (non-hydrogen) atoms. The molecular formula is C11H15N3OS. The van der Waals surface area contributed by atoms with Crippen LogP contribution in [-0.2, 0) is 6.42 Å². The van der Waals surface area contributed by atoms with E-state index in [1.165, 1.54) is 4.88 Å². The number of nitrogens with zero attached hydrogens (tertiary/aromatic N) is 2. The van der Waals surface area contributed by atoms with Crippen LogP contribution in [0.1, 0.15) is 22.0 Å². The van der Waals surface area contributed by atoms with E-state index in [4.69, 9.17) is 0 Å². The summed E-state index contributed by atoms with van der Waals surface area (Å²) in [6.45, 7) is 4.49. The van der Waals surface area contributed by atoms with Crippen LogP contribution in [-0.4, -0.2) is 22.3 Å². The van der Waals surface area contributed by atoms with E-state index in [1.54, 1.807) is 17.4 Å². The van der Waals surface area contributed by atoms with Crippen LogP contribution in [0, 0.1) is 13.8 Å². The first-order valence-electron chi connectivity index (χ1n) is 5.27. The van der Waals surface area contributed by atoms with Gasteiger partial charge in [-0.15, -0.1) is 11.3 Å². The van der Waals surface area contributed by atoms with E-state index in [-0.39, 0.29) is 0 Å². The van der Waals surface area contributed by atoms with Gasteiger partial charge in [-0.05, 0) is 26.7 Å². The molecule has 5 heteroatoms. The first kappa shape index (κ1) is 11.1. The van der Waals surface area contributed by atoms with Gasteiger partial charge in [0.1, 0.15) is 5.76 Å². The smallest absolute Gasteiger partial charge is 0.115 e. The minimum atomic E-state index is 0.349. The summed E-state index contributed by atoms with van der Waals surface area (Å²) in [6, 6.07) is 0. The number of hydrogen-bond acceptors (Lipinski definition) is 5. The van der Waals surface area contributed by atoms with Crippen molar-refractivity contribution in [1.29, 1.82) is 0 Å². The summed E-state index contributed by atoms with van der Waals surface area (Å²) in [7, 11) is 0. The molecule has 1 aliphatic rings. The fourth-order valence-electron chi connectivity index (χ4n) is 1.67. The number of hydrazone groups is 1. The number of nitrogens with one attached hydrogen (secondary N) is 1. The molecule has 1 aromatic heterocycles. The SMILES string of the molecule is Cc1nc(C)c(CCC2=NNCC(O)=C2)s1. The molecule has 0 atom stereocenters. The van der Waals surface area contributed by atoms with Crippen LogP contribution >= 0.6 is 11.3 Å². The van der Waals surface area contributed by atoms with Crippen molar-refractivity contribution in [2.24, 2.45) is 5.10 Å². The zero-order chi connectivity index (χ0) is 11.5. The molecule has 4 nitrogen and oxygen atoms in total. The molecule has 0 spiro atoms. The lowest BCUT2D eigenvalue weighted by atomic mass is 10.1. The summed E-state index contributed by atoms with van der Waals surface area (Å²) in [5.41, 5.74) is 4.81. The van der Waals surface area contributed by atoms with E-state index in [9.17, 15) is 5.11 Å². The molecule has 86 valence electrons. The quantitative estimate of drug-likeness (QED) is 0.846. The number of aryl methyl sites for hydroxylation is 3. The molecule has 0 saturated heterocycles. The molecule has 1 aromatic rings. The Bertz CT molecular complexity index is 448. The zero-order valence-electron chi connectivity index (χ0n) is 9.45. The van der Waals surface area contributed by atoms with Crippen LogP contribution in [0.15, 0.2) is 16.9 Å². The second-order valence-electron chi connectivity index (χ2n) is 3.82. The van der Waals surface area contributed by atoms with Gasteiger partial charge in [0.05, 0.1) is 23.0 Å². The summed E-state index contributed by atoms with van der Waals surface area (Å²) >= 11 is 1.73. The largest absolute Gasteiger partial charge is 0.510 e. The van der Waals surface area contributed by atoms with Gasteiger partial charge in [0.25, 0.3) is 0 Å². The molecule has 1 aliphatic heterocycles. The van der Waals surface area contributed by atoms with Gasteiger partial charge in [-0.3, -0.25) is 0 Å². The molecule has 0 amide bonds. The third-order valence-electron chi connectivity index (χ3n) is 2.42. The van der Waals surface area contributed by atoms with Gasteiger partial charge in [-0.25, -0.2) is 4.98 Å². The number of rotatable bonds is 3. The molecule has 2 N–H and O–H groups in total. The van der Waals surface area contributed by atoms with Crippen LogP contribution < -0.4 is 5.43 Å². The fraction of sp³-hybridized carbons (Fsp3) is 0.455. The zero-order valence-corrected chi connectivity index (χ0v) is 10.3. The number of aliphatic hydroxyl groups is 1. The minimum absolute atomic E-state index is 0.349. The Balaban J connectivity index is 1.97. The molecule has 2 rings (SSSR count). The van der Waals surface area contributed by atoms with Crippen LogP contribution in [0.5, 0.6) is 0 Å². The number of aromatic nitrogens is 1. The lowest BCUT2D eigenvalue weighted by molar-refractivity contribution is 0.388. The van der Waals surface area contributed by atoms with Crippen molar-refractivity contribution < 1.29 is 5.11 Å². The van der Waals surface area contributed by atoms with Crippen molar-refractivity contribution in [2.45, 2.75) is 26.7 Å². The predicted octanol–water partition coefficient (Wildman–Crippen LogP) is 2.09. The van der Waals surface area contributed by atoms with Crippen molar-refractivity contribution in [2.75, 3.05) is 6.54 Å². The van der Waals surface area contributed by atoms with Crippen molar-refractivity contribution in [3.05, 3.63) is 27.4 Å². The van der Waals surface area contributed by atoms with Crippen molar-refractivity contribution in [1.82, 2.24) is 10.4 Å². The maximum atomic E-state index is 9.34. The second kappa shape index (κ2) is 4.65. The Morgan fingerprint density at radius 3 is 2.88 bits per heavy atom. The highest BCUT2D eigenvalue weighted by atomic mass is 32.1. The van der Waals surface area contributed by atoms with Gasteiger partial charge in [-0.2, -0.15) is 5.10 Å². The van der Waals surface area contributed by atoms with Crippen molar-refractivity contribution in [3.8, 4) is 0 Å². The lowest BCUT2D eigenvalue weighted by Gasteiger charge is -2.09. The van der Waals surface area contributed by atoms with E-state index >= 15 is 0 Å². The summed E-state index contributed by atoms with van der Waals surface area (Å²) < 4.78 is 0. The Labute approximate surface area is 98.7 Å². The highest BCUT2D eigenvalue weighted by molar-refractivity contribution is 7.11. The third kappa shape index (κ3) is 2.61. The predicted molar refractivity (Wildman–Crippen MR) is 66.1 cm³/mol. The number of thiazole rings is 1. The first-order chi connectivity index (χ1) is 7.65. The molecule has 0 aliphatic carbocycles. The maximum absolute atomic E-state index is 9.34. The lowest BCUT2D eigenvalue weighted by Crippen LogP contribution is -2.19. The first-order valence-corrected chi connectivity index (χ1v) is 6.08. The van der Waals surface area contributed by atoms with E-state index in [0.717, 1.165) is 29.3 Å². The average molecular weight is 237 g/mol. The Morgan fingerprint density at radius 2 is 2.25 bits per heavy atom. The van der Waals surface area contributed by atoms with Gasteiger partial charge >= 0.3 is 0 Å². The average Bonchev–Trinajstić information content (AvgIpc) is 2.54. The molecule has 0 bridgehead atoms. The summed E-state index contributed by atoms with van der Waals surface area (Å²) in [4.78, 5) is 5.69. The van der Waals surface area contributed by atoms with Crippen LogP contribution in [0.25, 0.3) is 0 Å². The molecule has 0 fully saturated rings. The maximum Gasteiger partial charge on any atom is 0.115 e. The molecule has 0 unspecified atom stereocenters. The Hall–Kier alpha value is -1.36. The Kier molecular flexibility index (Phi) is 3.24. The van der Waals surface area contributed by atoms with Gasteiger partial charge in [-0.1, -0.05) is 0 Å². The second-order valence-corrected chi connectivity index (χ2v) is 5.10. The van der Waals surface area contributed by atoms with E-state index < -0.39 is 0 Å². The summed E-state index contributed by atoms with van der Waals surface area (Å²) in [5.74, 6) is 0.349. The van der Waals surface area contributed by atoms with Crippen LogP contribution in [0.4, 0.5) is 0 Å². The molecule has 0 saturated carbocycles. The molecular weight excluding hydrogens is 222 g/mol. The van der Waals surface area contributed by atoms with Gasteiger partial charge < -0.3 is 10.5 Å². The topological polar surface area (TPSA) is 57.5 Å². The van der Waals surface area contributed by atoms with E-state index in [0.29, 0.717) is 12.3 Å². The molecule has 0 radical (unpaired) electrons. The number of hydrogen-bond donors (Lipinski definition) is 2. The summed E-state index contributed by atoms with van der Waals surface area (Å²) in [6.07, 6.45) is 3.50. The molecule has 2 heterocycles.